The average Bonchev–Trinajstić information content (AvgIpc) is 2.38. The molecule has 0 radical (unpaired) electrons. The van der Waals surface area contributed by atoms with Crippen LogP contribution in [0.4, 0.5) is 13.2 Å². The summed E-state index contributed by atoms with van der Waals surface area (Å²) in [4.78, 5) is 0. The molecule has 0 atom stereocenters. The Bertz CT molecular complexity index is 561. The molecule has 0 saturated carbocycles. The first kappa shape index (κ1) is 13.6. The van der Waals surface area contributed by atoms with E-state index in [1.807, 2.05) is 6.92 Å². The van der Waals surface area contributed by atoms with Crippen molar-refractivity contribution in [1.29, 1.82) is 0 Å². The maximum atomic E-state index is 13.8. The van der Waals surface area contributed by atoms with Gasteiger partial charge in [0, 0.05) is 6.54 Å². The second-order valence-corrected chi connectivity index (χ2v) is 4.18. The maximum Gasteiger partial charge on any atom is 0.133 e. The number of rotatable bonds is 4. The Kier molecular flexibility index (Phi) is 4.22. The summed E-state index contributed by atoms with van der Waals surface area (Å²) in [6, 6.07) is 7.60. The van der Waals surface area contributed by atoms with Gasteiger partial charge in [-0.15, -0.1) is 0 Å². The molecule has 0 aromatic heterocycles. The Morgan fingerprint density at radius 1 is 1.00 bits per heavy atom. The van der Waals surface area contributed by atoms with Crippen molar-refractivity contribution in [1.82, 2.24) is 5.32 Å². The largest absolute Gasteiger partial charge is 0.313 e. The predicted molar refractivity (Wildman–Crippen MR) is 69.1 cm³/mol. The zero-order valence-corrected chi connectivity index (χ0v) is 10.5. The lowest BCUT2D eigenvalue weighted by Crippen LogP contribution is -2.13. The molecule has 19 heavy (non-hydrogen) atoms. The average molecular weight is 265 g/mol. The van der Waals surface area contributed by atoms with E-state index in [1.54, 1.807) is 0 Å². The summed E-state index contributed by atoms with van der Waals surface area (Å²) in [7, 11) is 0. The minimum atomic E-state index is -0.649. The quantitative estimate of drug-likeness (QED) is 0.884. The van der Waals surface area contributed by atoms with Gasteiger partial charge in [0.25, 0.3) is 0 Å². The Hall–Kier alpha value is -1.81. The molecule has 1 nitrogen and oxygen atoms in total. The first-order valence-corrected chi connectivity index (χ1v) is 6.07. The minimum Gasteiger partial charge on any atom is -0.313 e. The molecule has 0 unspecified atom stereocenters. The van der Waals surface area contributed by atoms with Gasteiger partial charge in [-0.05, 0) is 41.9 Å². The Morgan fingerprint density at radius 3 is 2.32 bits per heavy atom. The minimum absolute atomic E-state index is 0.115. The first-order chi connectivity index (χ1) is 9.13. The first-order valence-electron chi connectivity index (χ1n) is 6.07. The normalized spacial score (nSPS) is 10.7. The molecule has 2 aromatic rings. The zero-order valence-electron chi connectivity index (χ0n) is 10.5. The van der Waals surface area contributed by atoms with Crippen molar-refractivity contribution in [3.63, 3.8) is 0 Å². The van der Waals surface area contributed by atoms with E-state index in [0.29, 0.717) is 24.2 Å². The Morgan fingerprint density at radius 2 is 1.68 bits per heavy atom. The molecular formula is C15H14F3N. The standard InChI is InChI=1S/C15H14F3N/c1-2-19-9-10-8-11(16)6-7-12(10)15-13(17)4-3-5-14(15)18/h3-8,19H,2,9H2,1H3. The fraction of sp³-hybridized carbons (Fsp3) is 0.200. The van der Waals surface area contributed by atoms with Gasteiger partial charge in [-0.25, -0.2) is 13.2 Å². The topological polar surface area (TPSA) is 12.0 Å². The second-order valence-electron chi connectivity index (χ2n) is 4.18. The van der Waals surface area contributed by atoms with Crippen LogP contribution in [0.1, 0.15) is 12.5 Å². The molecule has 0 fully saturated rings. The van der Waals surface area contributed by atoms with Crippen LogP contribution in [-0.2, 0) is 6.54 Å². The number of nitrogens with one attached hydrogen (secondary N) is 1. The van der Waals surface area contributed by atoms with Crippen LogP contribution >= 0.6 is 0 Å². The van der Waals surface area contributed by atoms with Gasteiger partial charge in [0.05, 0.1) is 5.56 Å². The highest BCUT2D eigenvalue weighted by molar-refractivity contribution is 5.68. The summed E-state index contributed by atoms with van der Waals surface area (Å²) in [5, 5.41) is 3.03. The van der Waals surface area contributed by atoms with E-state index in [1.165, 1.54) is 36.4 Å². The van der Waals surface area contributed by atoms with Gasteiger partial charge in [0.2, 0.25) is 0 Å². The molecule has 2 aromatic carbocycles. The van der Waals surface area contributed by atoms with Crippen LogP contribution in [0.5, 0.6) is 0 Å². The second kappa shape index (κ2) is 5.89. The molecule has 0 spiro atoms. The highest BCUT2D eigenvalue weighted by atomic mass is 19.1. The molecule has 0 aliphatic carbocycles. The molecule has 0 heterocycles. The molecule has 2 rings (SSSR count). The van der Waals surface area contributed by atoms with E-state index in [4.69, 9.17) is 0 Å². The number of hydrogen-bond acceptors (Lipinski definition) is 1. The SMILES string of the molecule is CCNCc1cc(F)ccc1-c1c(F)cccc1F. The highest BCUT2D eigenvalue weighted by Gasteiger charge is 2.14. The predicted octanol–water partition coefficient (Wildman–Crippen LogP) is 3.88. The van der Waals surface area contributed by atoms with E-state index >= 15 is 0 Å². The summed E-state index contributed by atoms with van der Waals surface area (Å²) in [5.74, 6) is -1.72. The van der Waals surface area contributed by atoms with Crippen LogP contribution in [0.25, 0.3) is 11.1 Å². The Balaban J connectivity index is 2.55. The summed E-state index contributed by atoms with van der Waals surface area (Å²) in [5.41, 5.74) is 0.791. The molecule has 0 saturated heterocycles. The summed E-state index contributed by atoms with van der Waals surface area (Å²) < 4.78 is 40.8. The van der Waals surface area contributed by atoms with Gasteiger partial charge in [-0.1, -0.05) is 19.1 Å². The van der Waals surface area contributed by atoms with Crippen molar-refractivity contribution in [3.05, 3.63) is 59.4 Å². The Labute approximate surface area is 110 Å². The fourth-order valence-corrected chi connectivity index (χ4v) is 1.97. The third kappa shape index (κ3) is 2.96. The van der Waals surface area contributed by atoms with E-state index in [2.05, 4.69) is 5.32 Å². The zero-order chi connectivity index (χ0) is 13.8. The van der Waals surface area contributed by atoms with Crippen molar-refractivity contribution < 1.29 is 13.2 Å². The van der Waals surface area contributed by atoms with Crippen molar-refractivity contribution >= 4 is 0 Å². The molecule has 0 bridgehead atoms. The number of benzene rings is 2. The smallest absolute Gasteiger partial charge is 0.133 e. The van der Waals surface area contributed by atoms with Crippen molar-refractivity contribution in [2.75, 3.05) is 6.54 Å². The van der Waals surface area contributed by atoms with Crippen LogP contribution in [0.15, 0.2) is 36.4 Å². The van der Waals surface area contributed by atoms with E-state index < -0.39 is 17.5 Å². The third-order valence-electron chi connectivity index (χ3n) is 2.86. The molecule has 1 N–H and O–H groups in total. The highest BCUT2D eigenvalue weighted by Crippen LogP contribution is 2.29. The molecule has 0 aliphatic heterocycles. The molecule has 4 heteroatoms. The number of hydrogen-bond donors (Lipinski definition) is 1. The maximum absolute atomic E-state index is 13.8. The van der Waals surface area contributed by atoms with Gasteiger partial charge in [0.15, 0.2) is 0 Å². The third-order valence-corrected chi connectivity index (χ3v) is 2.86. The summed E-state index contributed by atoms with van der Waals surface area (Å²) >= 11 is 0. The van der Waals surface area contributed by atoms with E-state index in [9.17, 15) is 13.2 Å². The lowest BCUT2D eigenvalue weighted by molar-refractivity contribution is 0.588. The van der Waals surface area contributed by atoms with Crippen LogP contribution < -0.4 is 5.32 Å². The van der Waals surface area contributed by atoms with E-state index in [-0.39, 0.29) is 5.56 Å². The van der Waals surface area contributed by atoms with Crippen LogP contribution in [-0.4, -0.2) is 6.54 Å². The van der Waals surface area contributed by atoms with Crippen LogP contribution in [0, 0.1) is 17.5 Å². The molecular weight excluding hydrogens is 251 g/mol. The summed E-state index contributed by atoms with van der Waals surface area (Å²) in [6.45, 7) is 2.95. The van der Waals surface area contributed by atoms with E-state index in [0.717, 1.165) is 0 Å². The molecule has 100 valence electrons. The van der Waals surface area contributed by atoms with Crippen molar-refractivity contribution in [2.45, 2.75) is 13.5 Å². The van der Waals surface area contributed by atoms with Gasteiger partial charge in [-0.3, -0.25) is 0 Å². The van der Waals surface area contributed by atoms with Gasteiger partial charge >= 0.3 is 0 Å². The van der Waals surface area contributed by atoms with Crippen LogP contribution in [0.3, 0.4) is 0 Å². The van der Waals surface area contributed by atoms with Crippen molar-refractivity contribution in [2.24, 2.45) is 0 Å². The lowest BCUT2D eigenvalue weighted by atomic mass is 9.98. The van der Waals surface area contributed by atoms with Gasteiger partial charge in [0.1, 0.15) is 17.5 Å². The number of halogens is 3. The molecule has 0 aliphatic rings. The van der Waals surface area contributed by atoms with Crippen molar-refractivity contribution in [3.8, 4) is 11.1 Å². The fourth-order valence-electron chi connectivity index (χ4n) is 1.97. The van der Waals surface area contributed by atoms with Crippen LogP contribution in [0.2, 0.25) is 0 Å². The lowest BCUT2D eigenvalue weighted by Gasteiger charge is -2.12. The van der Waals surface area contributed by atoms with Gasteiger partial charge in [-0.2, -0.15) is 0 Å². The summed E-state index contributed by atoms with van der Waals surface area (Å²) in [6.07, 6.45) is 0. The van der Waals surface area contributed by atoms with Gasteiger partial charge < -0.3 is 5.32 Å². The monoisotopic (exact) mass is 265 g/mol. The molecule has 0 amide bonds.